The summed E-state index contributed by atoms with van der Waals surface area (Å²) in [5.41, 5.74) is 0.866. The third kappa shape index (κ3) is 2.27. The summed E-state index contributed by atoms with van der Waals surface area (Å²) in [6.45, 7) is 3.23. The Morgan fingerprint density at radius 1 is 1.40 bits per heavy atom. The zero-order valence-electron chi connectivity index (χ0n) is 9.03. The molecule has 82 valence electrons. The molecule has 4 heteroatoms. The van der Waals surface area contributed by atoms with Crippen LogP contribution in [0.25, 0.3) is 6.08 Å². The largest absolute Gasteiger partial charge is 0.468 e. The molecule has 1 N–H and O–H groups in total. The van der Waals surface area contributed by atoms with E-state index in [2.05, 4.69) is 0 Å². The van der Waals surface area contributed by atoms with E-state index in [0.29, 0.717) is 16.9 Å². The van der Waals surface area contributed by atoms with Crippen LogP contribution in [0.5, 0.6) is 5.95 Å². The molecule has 0 aliphatic heterocycles. The summed E-state index contributed by atoms with van der Waals surface area (Å²) >= 11 is 0. The highest BCUT2D eigenvalue weighted by atomic mass is 16.6. The maximum absolute atomic E-state index is 11.7. The van der Waals surface area contributed by atoms with E-state index in [1.807, 2.05) is 0 Å². The first kappa shape index (κ1) is 11.5. The third-order valence-electron chi connectivity index (χ3n) is 2.12. The van der Waals surface area contributed by atoms with Gasteiger partial charge in [-0.3, -0.25) is 4.79 Å². The number of ether oxygens (including phenoxy) is 1. The summed E-state index contributed by atoms with van der Waals surface area (Å²) in [5.74, 6) is 0.625. The molecule has 0 atom stereocenters. The lowest BCUT2D eigenvalue weighted by Crippen LogP contribution is -2.11. The van der Waals surface area contributed by atoms with Gasteiger partial charge in [0.05, 0.1) is 19.3 Å². The molecule has 0 aliphatic rings. The fourth-order valence-electron chi connectivity index (χ4n) is 1.25. The van der Waals surface area contributed by atoms with Crippen LogP contribution in [0.3, 0.4) is 0 Å². The molecule has 0 aromatic carbocycles. The van der Waals surface area contributed by atoms with Crippen LogP contribution in [0.2, 0.25) is 0 Å². The van der Waals surface area contributed by atoms with Crippen molar-refractivity contribution in [2.45, 2.75) is 13.8 Å². The maximum Gasteiger partial charge on any atom is 0.291 e. The standard InChI is InChI=1S/C11H14O4/c1-7-9(5-4-6-12)15-11(14-3)8(2)10(7)13/h4-5,12H,6H2,1-3H3/b5-4+. The lowest BCUT2D eigenvalue weighted by molar-refractivity contribution is 0.288. The Hall–Kier alpha value is -1.55. The third-order valence-corrected chi connectivity index (χ3v) is 2.12. The summed E-state index contributed by atoms with van der Waals surface area (Å²) in [4.78, 5) is 11.7. The molecule has 0 unspecified atom stereocenters. The van der Waals surface area contributed by atoms with Crippen LogP contribution in [0, 0.1) is 13.8 Å². The number of hydrogen-bond acceptors (Lipinski definition) is 4. The molecule has 4 nitrogen and oxygen atoms in total. The van der Waals surface area contributed by atoms with Crippen LogP contribution < -0.4 is 10.2 Å². The Kier molecular flexibility index (Phi) is 3.68. The number of aliphatic hydroxyl groups excluding tert-OH is 1. The smallest absolute Gasteiger partial charge is 0.291 e. The van der Waals surface area contributed by atoms with Crippen molar-refractivity contribution in [2.24, 2.45) is 0 Å². The molecule has 15 heavy (non-hydrogen) atoms. The van der Waals surface area contributed by atoms with Gasteiger partial charge in [0, 0.05) is 5.56 Å². The van der Waals surface area contributed by atoms with E-state index in [0.717, 1.165) is 0 Å². The van der Waals surface area contributed by atoms with Crippen molar-refractivity contribution >= 4 is 6.08 Å². The molecule has 1 aromatic rings. The molecule has 0 fully saturated rings. The SMILES string of the molecule is COc1oc(/C=C/CO)c(C)c(=O)c1C. The molecular weight excluding hydrogens is 196 g/mol. The van der Waals surface area contributed by atoms with Gasteiger partial charge in [-0.2, -0.15) is 0 Å². The predicted octanol–water partition coefficient (Wildman–Crippen LogP) is 1.27. The van der Waals surface area contributed by atoms with E-state index in [9.17, 15) is 4.79 Å². The number of aliphatic hydroxyl groups is 1. The Bertz CT molecular complexity index is 429. The quantitative estimate of drug-likeness (QED) is 0.816. The molecule has 1 heterocycles. The molecule has 0 radical (unpaired) electrons. The molecule has 0 aliphatic carbocycles. The highest BCUT2D eigenvalue weighted by Crippen LogP contribution is 2.19. The average molecular weight is 210 g/mol. The number of methoxy groups -OCH3 is 1. The van der Waals surface area contributed by atoms with Crippen LogP contribution in [0.4, 0.5) is 0 Å². The normalized spacial score (nSPS) is 10.9. The van der Waals surface area contributed by atoms with Crippen molar-refractivity contribution in [1.29, 1.82) is 0 Å². The number of hydrogen-bond donors (Lipinski definition) is 1. The summed E-state index contributed by atoms with van der Waals surface area (Å²) < 4.78 is 10.3. The fourth-order valence-corrected chi connectivity index (χ4v) is 1.25. The first-order valence-electron chi connectivity index (χ1n) is 4.57. The minimum Gasteiger partial charge on any atom is -0.468 e. The molecule has 1 aromatic heterocycles. The van der Waals surface area contributed by atoms with E-state index in [1.165, 1.54) is 13.2 Å². The van der Waals surface area contributed by atoms with E-state index in [1.54, 1.807) is 19.9 Å². The molecule has 0 amide bonds. The highest BCUT2D eigenvalue weighted by molar-refractivity contribution is 5.48. The maximum atomic E-state index is 11.7. The summed E-state index contributed by atoms with van der Waals surface area (Å²) in [5, 5.41) is 8.63. The predicted molar refractivity (Wildman–Crippen MR) is 57.1 cm³/mol. The van der Waals surface area contributed by atoms with Gasteiger partial charge in [0.25, 0.3) is 5.95 Å². The van der Waals surface area contributed by atoms with E-state index in [4.69, 9.17) is 14.3 Å². The molecular formula is C11H14O4. The van der Waals surface area contributed by atoms with Crippen molar-refractivity contribution in [3.05, 3.63) is 33.2 Å². The lowest BCUT2D eigenvalue weighted by Gasteiger charge is -2.06. The second kappa shape index (κ2) is 4.79. The van der Waals surface area contributed by atoms with Gasteiger partial charge in [0.1, 0.15) is 5.76 Å². The summed E-state index contributed by atoms with van der Waals surface area (Å²) in [6.07, 6.45) is 3.05. The zero-order valence-corrected chi connectivity index (χ0v) is 9.03. The van der Waals surface area contributed by atoms with E-state index in [-0.39, 0.29) is 18.0 Å². The van der Waals surface area contributed by atoms with Crippen LogP contribution in [-0.4, -0.2) is 18.8 Å². The average Bonchev–Trinajstić information content (AvgIpc) is 2.25. The Morgan fingerprint density at radius 2 is 2.07 bits per heavy atom. The van der Waals surface area contributed by atoms with Gasteiger partial charge in [-0.1, -0.05) is 6.08 Å². The van der Waals surface area contributed by atoms with Crippen LogP contribution in [0.15, 0.2) is 15.3 Å². The Labute approximate surface area is 87.8 Å². The van der Waals surface area contributed by atoms with Crippen molar-refractivity contribution in [1.82, 2.24) is 0 Å². The van der Waals surface area contributed by atoms with Gasteiger partial charge < -0.3 is 14.3 Å². The van der Waals surface area contributed by atoms with E-state index >= 15 is 0 Å². The van der Waals surface area contributed by atoms with Crippen molar-refractivity contribution in [3.8, 4) is 5.95 Å². The molecule has 0 saturated carbocycles. The van der Waals surface area contributed by atoms with Crippen molar-refractivity contribution in [3.63, 3.8) is 0 Å². The van der Waals surface area contributed by atoms with Gasteiger partial charge in [-0.15, -0.1) is 0 Å². The van der Waals surface area contributed by atoms with Crippen LogP contribution >= 0.6 is 0 Å². The lowest BCUT2D eigenvalue weighted by atomic mass is 10.1. The second-order valence-electron chi connectivity index (χ2n) is 3.12. The van der Waals surface area contributed by atoms with Gasteiger partial charge in [0.15, 0.2) is 5.43 Å². The topological polar surface area (TPSA) is 59.7 Å². The zero-order chi connectivity index (χ0) is 11.4. The van der Waals surface area contributed by atoms with Gasteiger partial charge >= 0.3 is 0 Å². The highest BCUT2D eigenvalue weighted by Gasteiger charge is 2.11. The van der Waals surface area contributed by atoms with Crippen molar-refractivity contribution < 1.29 is 14.3 Å². The second-order valence-corrected chi connectivity index (χ2v) is 3.12. The van der Waals surface area contributed by atoms with Crippen LogP contribution in [-0.2, 0) is 0 Å². The minimum atomic E-state index is -0.101. The first-order valence-corrected chi connectivity index (χ1v) is 4.57. The molecule has 0 bridgehead atoms. The summed E-state index contributed by atoms with van der Waals surface area (Å²) in [7, 11) is 1.44. The fraction of sp³-hybridized carbons (Fsp3) is 0.364. The Morgan fingerprint density at radius 3 is 2.60 bits per heavy atom. The Balaban J connectivity index is 3.35. The van der Waals surface area contributed by atoms with Gasteiger partial charge in [-0.25, -0.2) is 0 Å². The molecule has 0 saturated heterocycles. The monoisotopic (exact) mass is 210 g/mol. The minimum absolute atomic E-state index is 0.0979. The van der Waals surface area contributed by atoms with E-state index < -0.39 is 0 Å². The van der Waals surface area contributed by atoms with Gasteiger partial charge in [-0.05, 0) is 19.9 Å². The van der Waals surface area contributed by atoms with Crippen LogP contribution in [0.1, 0.15) is 16.9 Å². The van der Waals surface area contributed by atoms with Crippen molar-refractivity contribution in [2.75, 3.05) is 13.7 Å². The number of rotatable bonds is 3. The first-order chi connectivity index (χ1) is 7.11. The molecule has 1 rings (SSSR count). The molecule has 0 spiro atoms. The summed E-state index contributed by atoms with van der Waals surface area (Å²) in [6, 6.07) is 0. The van der Waals surface area contributed by atoms with Gasteiger partial charge in [0.2, 0.25) is 0 Å².